The van der Waals surface area contributed by atoms with E-state index in [2.05, 4.69) is 4.74 Å². The molecule has 3 aromatic carbocycles. The molecule has 3 aromatic rings. The molecule has 0 amide bonds. The molecule has 0 saturated carbocycles. The van der Waals surface area contributed by atoms with Gasteiger partial charge in [-0.3, -0.25) is 0 Å². The second-order valence-corrected chi connectivity index (χ2v) is 4.69. The van der Waals surface area contributed by atoms with Crippen LogP contribution in [0.2, 0.25) is 0 Å². The van der Waals surface area contributed by atoms with E-state index in [1.165, 1.54) is 24.3 Å². The lowest BCUT2D eigenvalue weighted by molar-refractivity contribution is -0.274. The molecule has 0 radical (unpaired) electrons. The van der Waals surface area contributed by atoms with Crippen LogP contribution in [0.5, 0.6) is 5.75 Å². The largest absolute Gasteiger partial charge is 0.573 e. The van der Waals surface area contributed by atoms with Crippen molar-refractivity contribution in [3.8, 4) is 16.9 Å². The van der Waals surface area contributed by atoms with Crippen LogP contribution in [0.25, 0.3) is 21.9 Å². The quantitative estimate of drug-likeness (QED) is 0.564. The minimum atomic E-state index is -4.83. The monoisotopic (exact) mass is 306 g/mol. The first-order valence-electron chi connectivity index (χ1n) is 6.48. The normalized spacial score (nSPS) is 11.6. The third-order valence-corrected chi connectivity index (χ3v) is 3.27. The maximum absolute atomic E-state index is 14.6. The topological polar surface area (TPSA) is 9.23 Å². The standard InChI is InChI=1S/C17H10F4O/c18-16-12-6-2-1-5-11(12)9-10-14(16)13-7-3-4-8-15(13)22-17(19,20)21/h1-10H. The third-order valence-electron chi connectivity index (χ3n) is 3.27. The highest BCUT2D eigenvalue weighted by Gasteiger charge is 2.32. The van der Waals surface area contributed by atoms with Crippen molar-refractivity contribution < 1.29 is 22.3 Å². The number of benzene rings is 3. The maximum atomic E-state index is 14.6. The number of hydrogen-bond acceptors (Lipinski definition) is 1. The van der Waals surface area contributed by atoms with Gasteiger partial charge in [-0.05, 0) is 11.5 Å². The Morgan fingerprint density at radius 2 is 1.41 bits per heavy atom. The van der Waals surface area contributed by atoms with Gasteiger partial charge < -0.3 is 4.74 Å². The molecule has 0 saturated heterocycles. The molecule has 0 unspecified atom stereocenters. The summed E-state index contributed by atoms with van der Waals surface area (Å²) >= 11 is 0. The van der Waals surface area contributed by atoms with Gasteiger partial charge in [-0.15, -0.1) is 13.2 Å². The lowest BCUT2D eigenvalue weighted by atomic mass is 9.99. The fraction of sp³-hybridized carbons (Fsp3) is 0.0588. The Kier molecular flexibility index (Phi) is 3.48. The van der Waals surface area contributed by atoms with Crippen LogP contribution < -0.4 is 4.74 Å². The lowest BCUT2D eigenvalue weighted by Gasteiger charge is -2.14. The first-order chi connectivity index (χ1) is 10.5. The molecular formula is C17H10F4O. The van der Waals surface area contributed by atoms with Crippen molar-refractivity contribution in [2.24, 2.45) is 0 Å². The number of alkyl halides is 3. The van der Waals surface area contributed by atoms with Gasteiger partial charge in [0.1, 0.15) is 11.6 Å². The van der Waals surface area contributed by atoms with Gasteiger partial charge in [0.2, 0.25) is 0 Å². The van der Waals surface area contributed by atoms with Crippen molar-refractivity contribution in [1.82, 2.24) is 0 Å². The van der Waals surface area contributed by atoms with Crippen LogP contribution in [-0.4, -0.2) is 6.36 Å². The number of halogens is 4. The Bertz CT molecular complexity index is 824. The Hall–Kier alpha value is -2.56. The molecular weight excluding hydrogens is 296 g/mol. The molecule has 0 N–H and O–H groups in total. The summed E-state index contributed by atoms with van der Waals surface area (Å²) < 4.78 is 56.0. The highest BCUT2D eigenvalue weighted by Crippen LogP contribution is 2.36. The Balaban J connectivity index is 2.18. The SMILES string of the molecule is Fc1c(-c2ccccc2OC(F)(F)F)ccc2ccccc12. The zero-order valence-corrected chi connectivity index (χ0v) is 11.2. The van der Waals surface area contributed by atoms with Crippen LogP contribution in [0.3, 0.4) is 0 Å². The molecule has 0 aliphatic carbocycles. The second-order valence-electron chi connectivity index (χ2n) is 4.69. The molecule has 112 valence electrons. The number of para-hydroxylation sites is 1. The molecule has 0 aromatic heterocycles. The summed E-state index contributed by atoms with van der Waals surface area (Å²) in [5.41, 5.74) is 0.127. The molecule has 0 heterocycles. The molecule has 3 rings (SSSR count). The van der Waals surface area contributed by atoms with Gasteiger partial charge in [-0.25, -0.2) is 4.39 Å². The van der Waals surface area contributed by atoms with Crippen LogP contribution in [0.4, 0.5) is 17.6 Å². The van der Waals surface area contributed by atoms with Gasteiger partial charge in [-0.2, -0.15) is 0 Å². The predicted molar refractivity (Wildman–Crippen MR) is 76.0 cm³/mol. The number of rotatable bonds is 2. The molecule has 5 heteroatoms. The average Bonchev–Trinajstić information content (AvgIpc) is 2.47. The van der Waals surface area contributed by atoms with Gasteiger partial charge >= 0.3 is 6.36 Å². The third kappa shape index (κ3) is 2.74. The van der Waals surface area contributed by atoms with Crippen LogP contribution in [0.15, 0.2) is 60.7 Å². The summed E-state index contributed by atoms with van der Waals surface area (Å²) in [6, 6.07) is 15.4. The van der Waals surface area contributed by atoms with Crippen molar-refractivity contribution in [2.75, 3.05) is 0 Å². The molecule has 0 spiro atoms. The van der Waals surface area contributed by atoms with Crippen LogP contribution in [0.1, 0.15) is 0 Å². The minimum absolute atomic E-state index is 0.0584. The van der Waals surface area contributed by atoms with Crippen molar-refractivity contribution in [1.29, 1.82) is 0 Å². The van der Waals surface area contributed by atoms with Crippen LogP contribution >= 0.6 is 0 Å². The van der Waals surface area contributed by atoms with Crippen LogP contribution in [-0.2, 0) is 0 Å². The molecule has 0 fully saturated rings. The second kappa shape index (κ2) is 5.33. The van der Waals surface area contributed by atoms with Crippen molar-refractivity contribution in [3.63, 3.8) is 0 Å². The van der Waals surface area contributed by atoms with E-state index in [-0.39, 0.29) is 11.1 Å². The highest BCUT2D eigenvalue weighted by molar-refractivity contribution is 5.89. The zero-order valence-electron chi connectivity index (χ0n) is 11.2. The average molecular weight is 306 g/mol. The number of fused-ring (bicyclic) bond motifs is 1. The van der Waals surface area contributed by atoms with E-state index >= 15 is 0 Å². The van der Waals surface area contributed by atoms with Gasteiger partial charge in [0.15, 0.2) is 0 Å². The Labute approximate surface area is 123 Å². The van der Waals surface area contributed by atoms with E-state index in [9.17, 15) is 17.6 Å². The number of hydrogen-bond donors (Lipinski definition) is 0. The fourth-order valence-corrected chi connectivity index (χ4v) is 2.34. The maximum Gasteiger partial charge on any atom is 0.573 e. The molecule has 0 aliphatic heterocycles. The summed E-state index contributed by atoms with van der Waals surface area (Å²) in [7, 11) is 0. The zero-order chi connectivity index (χ0) is 15.7. The number of ether oxygens (including phenoxy) is 1. The van der Waals surface area contributed by atoms with Crippen molar-refractivity contribution >= 4 is 10.8 Å². The van der Waals surface area contributed by atoms with E-state index in [4.69, 9.17) is 0 Å². The van der Waals surface area contributed by atoms with E-state index in [0.717, 1.165) is 6.07 Å². The Morgan fingerprint density at radius 1 is 0.727 bits per heavy atom. The summed E-state index contributed by atoms with van der Waals surface area (Å²) in [6.07, 6.45) is -4.83. The van der Waals surface area contributed by atoms with Crippen molar-refractivity contribution in [2.45, 2.75) is 6.36 Å². The van der Waals surface area contributed by atoms with E-state index in [1.807, 2.05) is 0 Å². The van der Waals surface area contributed by atoms with E-state index in [0.29, 0.717) is 10.8 Å². The van der Waals surface area contributed by atoms with Gasteiger partial charge in [0.25, 0.3) is 0 Å². The first-order valence-corrected chi connectivity index (χ1v) is 6.48. The van der Waals surface area contributed by atoms with E-state index in [1.54, 1.807) is 30.3 Å². The predicted octanol–water partition coefficient (Wildman–Crippen LogP) is 5.54. The molecule has 22 heavy (non-hydrogen) atoms. The Morgan fingerprint density at radius 3 is 2.18 bits per heavy atom. The van der Waals surface area contributed by atoms with Gasteiger partial charge in [0.05, 0.1) is 0 Å². The van der Waals surface area contributed by atoms with Gasteiger partial charge in [0, 0.05) is 16.5 Å². The lowest BCUT2D eigenvalue weighted by Crippen LogP contribution is -2.17. The minimum Gasteiger partial charge on any atom is -0.405 e. The molecule has 0 aliphatic rings. The smallest absolute Gasteiger partial charge is 0.405 e. The summed E-state index contributed by atoms with van der Waals surface area (Å²) in [5.74, 6) is -1.000. The highest BCUT2D eigenvalue weighted by atomic mass is 19.4. The van der Waals surface area contributed by atoms with E-state index < -0.39 is 17.9 Å². The van der Waals surface area contributed by atoms with Crippen LogP contribution in [0, 0.1) is 5.82 Å². The summed E-state index contributed by atoms with van der Waals surface area (Å²) in [4.78, 5) is 0. The van der Waals surface area contributed by atoms with Crippen molar-refractivity contribution in [3.05, 3.63) is 66.5 Å². The first kappa shape index (κ1) is 14.4. The summed E-state index contributed by atoms with van der Waals surface area (Å²) in [6.45, 7) is 0. The molecule has 0 bridgehead atoms. The molecule has 1 nitrogen and oxygen atoms in total. The molecule has 0 atom stereocenters. The van der Waals surface area contributed by atoms with Gasteiger partial charge in [-0.1, -0.05) is 54.6 Å². The fourth-order valence-electron chi connectivity index (χ4n) is 2.34. The summed E-state index contributed by atoms with van der Waals surface area (Å²) in [5, 5.41) is 1.03.